The van der Waals surface area contributed by atoms with E-state index in [9.17, 15) is 18.0 Å². The number of carbonyl (C=O) groups is 2. The summed E-state index contributed by atoms with van der Waals surface area (Å²) in [5.74, 6) is -0.418. The van der Waals surface area contributed by atoms with Crippen LogP contribution in [0.3, 0.4) is 0 Å². The number of sulfonamides is 1. The lowest BCUT2D eigenvalue weighted by molar-refractivity contribution is -0.129. The Kier molecular flexibility index (Phi) is 8.09. The van der Waals surface area contributed by atoms with Crippen LogP contribution in [0.25, 0.3) is 0 Å². The van der Waals surface area contributed by atoms with Crippen LogP contribution in [0.2, 0.25) is 0 Å². The summed E-state index contributed by atoms with van der Waals surface area (Å²) in [6.07, 6.45) is 0.180. The number of piperidine rings is 1. The average Bonchev–Trinajstić information content (AvgIpc) is 2.99. The van der Waals surface area contributed by atoms with Crippen molar-refractivity contribution >= 4 is 27.5 Å². The standard InChI is InChI=1S/C30H33N3O6S/c1-21-14-15-26(38-2)28(17-21)40(36,37)32-16-8-11-23(19-32)30(35)33-20-27(39-25-13-7-6-12-24(25)33)29(34)31-18-22-9-4-3-5-10-22/h3-7,9-10,12-15,17,23,27H,8,11,16,18-20H2,1-2H3,(H,31,34)/t23-,27-/m1/s1. The maximum atomic E-state index is 13.9. The number of methoxy groups -OCH3 is 1. The van der Waals surface area contributed by atoms with Gasteiger partial charge in [-0.15, -0.1) is 0 Å². The monoisotopic (exact) mass is 563 g/mol. The van der Waals surface area contributed by atoms with E-state index in [2.05, 4.69) is 5.32 Å². The summed E-state index contributed by atoms with van der Waals surface area (Å²) < 4.78 is 40.0. The second-order valence-corrected chi connectivity index (χ2v) is 12.0. The first-order chi connectivity index (χ1) is 19.3. The van der Waals surface area contributed by atoms with E-state index in [1.54, 1.807) is 47.4 Å². The van der Waals surface area contributed by atoms with Gasteiger partial charge in [-0.1, -0.05) is 48.5 Å². The molecule has 1 saturated heterocycles. The Balaban J connectivity index is 1.35. The molecule has 210 valence electrons. The molecule has 0 aromatic heterocycles. The number of fused-ring (bicyclic) bond motifs is 1. The van der Waals surface area contributed by atoms with E-state index < -0.39 is 22.0 Å². The van der Waals surface area contributed by atoms with E-state index >= 15 is 0 Å². The molecule has 0 spiro atoms. The summed E-state index contributed by atoms with van der Waals surface area (Å²) in [4.78, 5) is 28.7. The molecule has 2 aliphatic rings. The third-order valence-electron chi connectivity index (χ3n) is 7.31. The van der Waals surface area contributed by atoms with Crippen molar-refractivity contribution in [2.45, 2.75) is 37.3 Å². The maximum absolute atomic E-state index is 13.9. The molecule has 1 N–H and O–H groups in total. The number of hydrogen-bond acceptors (Lipinski definition) is 6. The van der Waals surface area contributed by atoms with Gasteiger partial charge in [0.25, 0.3) is 5.91 Å². The molecule has 0 radical (unpaired) electrons. The van der Waals surface area contributed by atoms with Crippen LogP contribution in [0.4, 0.5) is 5.69 Å². The number of nitrogens with zero attached hydrogens (tertiary/aromatic N) is 2. The highest BCUT2D eigenvalue weighted by Crippen LogP contribution is 2.36. The fourth-order valence-corrected chi connectivity index (χ4v) is 6.95. The molecule has 40 heavy (non-hydrogen) atoms. The van der Waals surface area contributed by atoms with Crippen molar-refractivity contribution < 1.29 is 27.5 Å². The van der Waals surface area contributed by atoms with Gasteiger partial charge < -0.3 is 19.7 Å². The molecular weight excluding hydrogens is 530 g/mol. The number of hydrogen-bond donors (Lipinski definition) is 1. The number of benzene rings is 3. The molecule has 1 fully saturated rings. The summed E-state index contributed by atoms with van der Waals surface area (Å²) in [5.41, 5.74) is 2.32. The summed E-state index contributed by atoms with van der Waals surface area (Å²) >= 11 is 0. The average molecular weight is 564 g/mol. The van der Waals surface area contributed by atoms with Gasteiger partial charge in [-0.25, -0.2) is 8.42 Å². The van der Waals surface area contributed by atoms with Crippen molar-refractivity contribution in [1.29, 1.82) is 0 Å². The summed E-state index contributed by atoms with van der Waals surface area (Å²) in [6.45, 7) is 2.55. The van der Waals surface area contributed by atoms with E-state index in [1.165, 1.54) is 11.4 Å². The number of carbonyl (C=O) groups excluding carboxylic acids is 2. The molecule has 2 aliphatic heterocycles. The second-order valence-electron chi connectivity index (χ2n) is 10.1. The van der Waals surface area contributed by atoms with Gasteiger partial charge in [0.05, 0.1) is 25.3 Å². The molecule has 0 unspecified atom stereocenters. The second kappa shape index (κ2) is 11.7. The minimum atomic E-state index is -3.89. The summed E-state index contributed by atoms with van der Waals surface area (Å²) in [5, 5.41) is 2.90. The molecule has 0 aliphatic carbocycles. The Morgan fingerprint density at radius 1 is 1.02 bits per heavy atom. The van der Waals surface area contributed by atoms with Crippen LogP contribution >= 0.6 is 0 Å². The van der Waals surface area contributed by atoms with Crippen LogP contribution < -0.4 is 19.7 Å². The highest BCUT2D eigenvalue weighted by molar-refractivity contribution is 7.89. The van der Waals surface area contributed by atoms with Gasteiger partial charge in [-0.2, -0.15) is 4.31 Å². The number of anilines is 1. The zero-order valence-corrected chi connectivity index (χ0v) is 23.4. The molecule has 0 saturated carbocycles. The number of aryl methyl sites for hydroxylation is 1. The fraction of sp³-hybridized carbons (Fsp3) is 0.333. The number of amides is 2. The zero-order chi connectivity index (χ0) is 28.3. The maximum Gasteiger partial charge on any atom is 0.263 e. The Morgan fingerprint density at radius 3 is 2.55 bits per heavy atom. The first kappa shape index (κ1) is 27.7. The lowest BCUT2D eigenvalue weighted by Gasteiger charge is -2.38. The van der Waals surface area contributed by atoms with Crippen LogP contribution in [0.15, 0.2) is 77.7 Å². The predicted octanol–water partition coefficient (Wildman–Crippen LogP) is 3.51. The Morgan fingerprint density at radius 2 is 1.77 bits per heavy atom. The SMILES string of the molecule is COc1ccc(C)cc1S(=O)(=O)N1CCC[C@@H](C(=O)N2C[C@H](C(=O)NCc3ccccc3)Oc3ccccc32)C1. The third kappa shape index (κ3) is 5.68. The Bertz CT molecular complexity index is 1490. The van der Waals surface area contributed by atoms with Crippen LogP contribution in [0, 0.1) is 12.8 Å². The Hall–Kier alpha value is -3.89. The van der Waals surface area contributed by atoms with Crippen LogP contribution in [0.5, 0.6) is 11.5 Å². The van der Waals surface area contributed by atoms with Gasteiger partial charge in [0, 0.05) is 19.6 Å². The smallest absolute Gasteiger partial charge is 0.263 e. The van der Waals surface area contributed by atoms with Crippen molar-refractivity contribution in [2.75, 3.05) is 31.6 Å². The molecule has 10 heteroatoms. The van der Waals surface area contributed by atoms with Crippen LogP contribution in [-0.2, 0) is 26.2 Å². The zero-order valence-electron chi connectivity index (χ0n) is 22.6. The van der Waals surface area contributed by atoms with Gasteiger partial charge in [-0.3, -0.25) is 9.59 Å². The van der Waals surface area contributed by atoms with Crippen molar-refractivity contribution in [3.05, 3.63) is 83.9 Å². The van der Waals surface area contributed by atoms with Crippen molar-refractivity contribution in [3.8, 4) is 11.5 Å². The highest BCUT2D eigenvalue weighted by atomic mass is 32.2. The number of ether oxygens (including phenoxy) is 2. The minimum Gasteiger partial charge on any atom is -0.495 e. The molecular formula is C30H33N3O6S. The van der Waals surface area contributed by atoms with Crippen molar-refractivity contribution in [2.24, 2.45) is 5.92 Å². The molecule has 2 heterocycles. The molecule has 0 bridgehead atoms. The number of rotatable bonds is 7. The van der Waals surface area contributed by atoms with Crippen molar-refractivity contribution in [1.82, 2.24) is 9.62 Å². The summed E-state index contributed by atoms with van der Waals surface area (Å²) in [6, 6.07) is 21.7. The van der Waals surface area contributed by atoms with E-state index in [1.807, 2.05) is 37.3 Å². The van der Waals surface area contributed by atoms with Gasteiger partial charge in [0.2, 0.25) is 15.9 Å². The number of nitrogens with one attached hydrogen (secondary N) is 1. The minimum absolute atomic E-state index is 0.0332. The van der Waals surface area contributed by atoms with Crippen LogP contribution in [-0.4, -0.2) is 57.4 Å². The molecule has 9 nitrogen and oxygen atoms in total. The lowest BCUT2D eigenvalue weighted by atomic mass is 9.97. The summed E-state index contributed by atoms with van der Waals surface area (Å²) in [7, 11) is -2.46. The van der Waals surface area contributed by atoms with E-state index in [4.69, 9.17) is 9.47 Å². The lowest BCUT2D eigenvalue weighted by Crippen LogP contribution is -2.53. The van der Waals surface area contributed by atoms with E-state index in [0.717, 1.165) is 11.1 Å². The topological polar surface area (TPSA) is 105 Å². The fourth-order valence-electron chi connectivity index (χ4n) is 5.19. The van der Waals surface area contributed by atoms with Gasteiger partial charge in [0.1, 0.15) is 16.4 Å². The first-order valence-electron chi connectivity index (χ1n) is 13.3. The molecule has 3 aromatic rings. The van der Waals surface area contributed by atoms with Gasteiger partial charge in [-0.05, 0) is 55.2 Å². The largest absolute Gasteiger partial charge is 0.495 e. The molecule has 3 aromatic carbocycles. The molecule has 2 amide bonds. The quantitative estimate of drug-likeness (QED) is 0.472. The van der Waals surface area contributed by atoms with E-state index in [-0.39, 0.29) is 35.5 Å². The van der Waals surface area contributed by atoms with E-state index in [0.29, 0.717) is 37.4 Å². The first-order valence-corrected chi connectivity index (χ1v) is 14.8. The number of para-hydroxylation sites is 2. The predicted molar refractivity (Wildman–Crippen MR) is 151 cm³/mol. The van der Waals surface area contributed by atoms with Crippen molar-refractivity contribution in [3.63, 3.8) is 0 Å². The van der Waals surface area contributed by atoms with Gasteiger partial charge in [0.15, 0.2) is 6.10 Å². The van der Waals surface area contributed by atoms with Crippen LogP contribution in [0.1, 0.15) is 24.0 Å². The molecule has 5 rings (SSSR count). The Labute approximate surface area is 234 Å². The third-order valence-corrected chi connectivity index (χ3v) is 9.20. The highest BCUT2D eigenvalue weighted by Gasteiger charge is 2.40. The van der Waals surface area contributed by atoms with Gasteiger partial charge >= 0.3 is 0 Å². The molecule has 2 atom stereocenters. The normalized spacial score (nSPS) is 19.3.